The van der Waals surface area contributed by atoms with Crippen LogP contribution in [0.5, 0.6) is 0 Å². The first-order valence-corrected chi connectivity index (χ1v) is 8.92. The molecule has 0 spiro atoms. The molecule has 3 rings (SSSR count). The Balaban J connectivity index is 1.75. The molecule has 2 heterocycles. The van der Waals surface area contributed by atoms with Crippen LogP contribution >= 0.6 is 11.6 Å². The molecule has 1 saturated heterocycles. The number of benzene rings is 1. The van der Waals surface area contributed by atoms with Crippen LogP contribution in [0.2, 0.25) is 5.02 Å². The Morgan fingerprint density at radius 2 is 2.04 bits per heavy atom. The van der Waals surface area contributed by atoms with Crippen LogP contribution in [0.25, 0.3) is 10.9 Å². The molecule has 3 N–H and O–H groups in total. The fraction of sp³-hybridized carbons (Fsp3) is 0.389. The number of aromatic amines is 1. The maximum absolute atomic E-state index is 12.6. The Kier molecular flexibility index (Phi) is 5.18. The first-order chi connectivity index (χ1) is 12.4. The number of para-hydroxylation sites is 1. The molecular formula is C18H21ClN4O3. The molecule has 2 atom stereocenters. The lowest BCUT2D eigenvalue weighted by atomic mass is 10.1. The molecule has 3 amide bonds. The van der Waals surface area contributed by atoms with Gasteiger partial charge < -0.3 is 20.5 Å². The van der Waals surface area contributed by atoms with Gasteiger partial charge in [-0.3, -0.25) is 14.4 Å². The number of carbonyl (C=O) groups is 3. The number of likely N-dealkylation sites (N-methyl/N-ethyl adjacent to an activating group) is 1. The van der Waals surface area contributed by atoms with Crippen molar-refractivity contribution in [3.8, 4) is 0 Å². The number of aromatic nitrogens is 1. The lowest BCUT2D eigenvalue weighted by molar-refractivity contribution is -0.136. The molecule has 138 valence electrons. The van der Waals surface area contributed by atoms with Crippen LogP contribution in [0.3, 0.4) is 0 Å². The van der Waals surface area contributed by atoms with E-state index < -0.39 is 6.04 Å². The van der Waals surface area contributed by atoms with Crippen molar-refractivity contribution in [2.75, 3.05) is 13.1 Å². The summed E-state index contributed by atoms with van der Waals surface area (Å²) >= 11 is 6.32. The zero-order valence-corrected chi connectivity index (χ0v) is 15.4. The van der Waals surface area contributed by atoms with E-state index in [4.69, 9.17) is 11.6 Å². The quantitative estimate of drug-likeness (QED) is 0.757. The van der Waals surface area contributed by atoms with Gasteiger partial charge in [-0.15, -0.1) is 0 Å². The average Bonchev–Trinajstić information content (AvgIpc) is 3.17. The van der Waals surface area contributed by atoms with Crippen molar-refractivity contribution in [3.63, 3.8) is 0 Å². The largest absolute Gasteiger partial charge is 0.355 e. The maximum Gasteiger partial charge on any atom is 0.269 e. The number of fused-ring (bicyclic) bond motifs is 1. The van der Waals surface area contributed by atoms with Crippen LogP contribution in [0, 0.1) is 0 Å². The minimum absolute atomic E-state index is 0.193. The number of likely N-dealkylation sites (tertiary alicyclic amines) is 1. The molecule has 26 heavy (non-hydrogen) atoms. The summed E-state index contributed by atoms with van der Waals surface area (Å²) in [6, 6.07) is 6.49. The molecule has 0 unspecified atom stereocenters. The van der Waals surface area contributed by atoms with Crippen LogP contribution < -0.4 is 10.6 Å². The number of rotatable bonds is 4. The first kappa shape index (κ1) is 18.3. The second-order valence-electron chi connectivity index (χ2n) is 6.35. The highest BCUT2D eigenvalue weighted by Crippen LogP contribution is 2.27. The number of nitrogens with one attached hydrogen (secondary N) is 3. The highest BCUT2D eigenvalue weighted by Gasteiger charge is 2.39. The van der Waals surface area contributed by atoms with Gasteiger partial charge in [0.25, 0.3) is 5.91 Å². The van der Waals surface area contributed by atoms with Crippen molar-refractivity contribution >= 4 is 40.2 Å². The number of carbonyl (C=O) groups excluding carboxylic acids is 3. The van der Waals surface area contributed by atoms with E-state index in [0.29, 0.717) is 24.5 Å². The Bertz CT molecular complexity index is 863. The second-order valence-corrected chi connectivity index (χ2v) is 6.73. The first-order valence-electron chi connectivity index (χ1n) is 8.54. The molecule has 2 aromatic rings. The van der Waals surface area contributed by atoms with Crippen molar-refractivity contribution in [1.29, 1.82) is 0 Å². The van der Waals surface area contributed by atoms with Crippen LogP contribution in [0.1, 0.15) is 30.8 Å². The summed E-state index contributed by atoms with van der Waals surface area (Å²) in [4.78, 5) is 41.2. The van der Waals surface area contributed by atoms with Crippen molar-refractivity contribution in [2.24, 2.45) is 0 Å². The predicted octanol–water partition coefficient (Wildman–Crippen LogP) is 1.68. The minimum atomic E-state index is -0.573. The predicted molar refractivity (Wildman–Crippen MR) is 99.0 cm³/mol. The molecule has 0 radical (unpaired) electrons. The van der Waals surface area contributed by atoms with E-state index in [1.165, 1.54) is 11.8 Å². The number of halogens is 1. The van der Waals surface area contributed by atoms with E-state index in [-0.39, 0.29) is 29.5 Å². The number of amides is 3. The normalized spacial score (nSPS) is 19.6. The van der Waals surface area contributed by atoms with E-state index in [9.17, 15) is 14.4 Å². The number of nitrogens with zero attached hydrogens (tertiary/aromatic N) is 1. The fourth-order valence-electron chi connectivity index (χ4n) is 3.35. The van der Waals surface area contributed by atoms with Gasteiger partial charge in [0, 0.05) is 37.0 Å². The van der Waals surface area contributed by atoms with Crippen LogP contribution in [0.15, 0.2) is 24.3 Å². The van der Waals surface area contributed by atoms with Gasteiger partial charge in [-0.25, -0.2) is 0 Å². The molecule has 0 bridgehead atoms. The zero-order chi connectivity index (χ0) is 18.8. The van der Waals surface area contributed by atoms with Crippen molar-refractivity contribution in [2.45, 2.75) is 32.4 Å². The zero-order valence-electron chi connectivity index (χ0n) is 14.6. The van der Waals surface area contributed by atoms with Gasteiger partial charge in [0.1, 0.15) is 11.7 Å². The van der Waals surface area contributed by atoms with Gasteiger partial charge in [0.2, 0.25) is 11.8 Å². The van der Waals surface area contributed by atoms with E-state index in [2.05, 4.69) is 15.6 Å². The molecule has 7 nitrogen and oxygen atoms in total. The standard InChI is InChI=1S/C18H21ClN4O3/c1-3-20-17(25)14-8-11(9-23(14)10(2)24)21-18(26)16-15(19)12-6-4-5-7-13(12)22-16/h4-7,11,14,22H,3,8-9H2,1-2H3,(H,20,25)(H,21,26)/t11-,14-/m0/s1. The third kappa shape index (κ3) is 3.39. The average molecular weight is 377 g/mol. The van der Waals surface area contributed by atoms with E-state index in [0.717, 1.165) is 10.9 Å². The third-order valence-corrected chi connectivity index (χ3v) is 4.96. The number of hydrogen-bond donors (Lipinski definition) is 3. The van der Waals surface area contributed by atoms with E-state index >= 15 is 0 Å². The molecule has 1 aromatic heterocycles. The highest BCUT2D eigenvalue weighted by atomic mass is 35.5. The second kappa shape index (κ2) is 7.37. The van der Waals surface area contributed by atoms with Crippen molar-refractivity contribution in [1.82, 2.24) is 20.5 Å². The van der Waals surface area contributed by atoms with Gasteiger partial charge in [0.15, 0.2) is 0 Å². The van der Waals surface area contributed by atoms with Gasteiger partial charge in [0.05, 0.1) is 5.02 Å². The maximum atomic E-state index is 12.6. The van der Waals surface area contributed by atoms with E-state index in [1.54, 1.807) is 0 Å². The molecule has 1 aliphatic rings. The molecule has 1 aromatic carbocycles. The molecular weight excluding hydrogens is 356 g/mol. The summed E-state index contributed by atoms with van der Waals surface area (Å²) in [5.41, 5.74) is 1.06. The molecule has 0 saturated carbocycles. The Morgan fingerprint density at radius 1 is 1.31 bits per heavy atom. The van der Waals surface area contributed by atoms with E-state index in [1.807, 2.05) is 31.2 Å². The van der Waals surface area contributed by atoms with Gasteiger partial charge >= 0.3 is 0 Å². The summed E-state index contributed by atoms with van der Waals surface area (Å²) in [5.74, 6) is -0.749. The fourth-order valence-corrected chi connectivity index (χ4v) is 3.65. The molecule has 0 aliphatic carbocycles. The third-order valence-electron chi connectivity index (χ3n) is 4.56. The number of H-pyrrole nitrogens is 1. The lowest BCUT2D eigenvalue weighted by Gasteiger charge is -2.21. The topological polar surface area (TPSA) is 94.3 Å². The van der Waals surface area contributed by atoms with Gasteiger partial charge in [-0.05, 0) is 19.4 Å². The van der Waals surface area contributed by atoms with Gasteiger partial charge in [-0.1, -0.05) is 29.8 Å². The smallest absolute Gasteiger partial charge is 0.269 e. The summed E-state index contributed by atoms with van der Waals surface area (Å²) in [6.07, 6.45) is 0.370. The van der Waals surface area contributed by atoms with Gasteiger partial charge in [-0.2, -0.15) is 0 Å². The summed E-state index contributed by atoms with van der Waals surface area (Å²) in [7, 11) is 0. The molecule has 1 fully saturated rings. The molecule has 1 aliphatic heterocycles. The van der Waals surface area contributed by atoms with Crippen molar-refractivity contribution < 1.29 is 14.4 Å². The summed E-state index contributed by atoms with van der Waals surface area (Å²) in [6.45, 7) is 4.02. The monoisotopic (exact) mass is 376 g/mol. The Labute approximate surface area is 156 Å². The lowest BCUT2D eigenvalue weighted by Crippen LogP contribution is -2.45. The summed E-state index contributed by atoms with van der Waals surface area (Å²) < 4.78 is 0. The van der Waals surface area contributed by atoms with Crippen LogP contribution in [-0.2, 0) is 9.59 Å². The highest BCUT2D eigenvalue weighted by molar-refractivity contribution is 6.38. The van der Waals surface area contributed by atoms with Crippen LogP contribution in [-0.4, -0.2) is 52.8 Å². The Hall–Kier alpha value is -2.54. The van der Waals surface area contributed by atoms with Crippen LogP contribution in [0.4, 0.5) is 0 Å². The minimum Gasteiger partial charge on any atom is -0.355 e. The molecule has 8 heteroatoms. The number of hydrogen-bond acceptors (Lipinski definition) is 3. The summed E-state index contributed by atoms with van der Waals surface area (Å²) in [5, 5.41) is 6.75. The Morgan fingerprint density at radius 3 is 2.69 bits per heavy atom. The van der Waals surface area contributed by atoms with Crippen molar-refractivity contribution in [3.05, 3.63) is 35.0 Å². The SMILES string of the molecule is CCNC(=O)[C@@H]1C[C@H](NC(=O)c2[nH]c3ccccc3c2Cl)CN1C(C)=O.